The number of para-hydroxylation sites is 3. The van der Waals surface area contributed by atoms with Crippen LogP contribution in [-0.2, 0) is 0 Å². The van der Waals surface area contributed by atoms with E-state index >= 15 is 0 Å². The van der Waals surface area contributed by atoms with Crippen LogP contribution in [0.1, 0.15) is 0 Å². The molecule has 0 bridgehead atoms. The van der Waals surface area contributed by atoms with Gasteiger partial charge in [0.2, 0.25) is 0 Å². The molecule has 7 aromatic carbocycles. The Hall–Kier alpha value is -5.20. The van der Waals surface area contributed by atoms with Gasteiger partial charge in [0.05, 0.1) is 0 Å². The molecule has 0 saturated heterocycles. The van der Waals surface area contributed by atoms with Gasteiger partial charge in [-0.05, 0) is 0 Å². The summed E-state index contributed by atoms with van der Waals surface area (Å²) in [6.45, 7) is 0. The molecule has 0 amide bonds. The molecule has 0 aliphatic carbocycles. The molecular weight excluding hydrogens is 614 g/mol. The second-order valence-corrected chi connectivity index (χ2v) is 21.5. The van der Waals surface area contributed by atoms with Gasteiger partial charge >= 0.3 is 278 Å². The van der Waals surface area contributed by atoms with E-state index in [1.807, 2.05) is 91.0 Å². The molecule has 0 radical (unpaired) electrons. The van der Waals surface area contributed by atoms with Crippen LogP contribution in [0, 0.1) is 0 Å². The van der Waals surface area contributed by atoms with E-state index in [1.165, 1.54) is 0 Å². The molecule has 0 aliphatic rings. The summed E-state index contributed by atoms with van der Waals surface area (Å²) < 4.78 is 22.9. The zero-order valence-electron chi connectivity index (χ0n) is 25.9. The van der Waals surface area contributed by atoms with E-state index in [-0.39, 0.29) is 0 Å². The zero-order valence-corrected chi connectivity index (χ0v) is 27.8. The van der Waals surface area contributed by atoms with Crippen LogP contribution >= 0.6 is 13.9 Å². The molecule has 3 nitrogen and oxygen atoms in total. The van der Waals surface area contributed by atoms with Crippen molar-refractivity contribution in [3.8, 4) is 17.2 Å². The fourth-order valence-electron chi connectivity index (χ4n) is 6.68. The van der Waals surface area contributed by atoms with E-state index in [4.69, 9.17) is 13.6 Å². The van der Waals surface area contributed by atoms with Gasteiger partial charge in [0, 0.05) is 0 Å². The molecule has 7 rings (SSSR count). The van der Waals surface area contributed by atoms with Crippen molar-refractivity contribution in [3.05, 3.63) is 212 Å². The number of rotatable bonds is 11. The molecule has 0 saturated carbocycles. The van der Waals surface area contributed by atoms with Crippen molar-refractivity contribution >= 4 is 35.1 Å². The number of hydrogen-bond acceptors (Lipinski definition) is 3. The van der Waals surface area contributed by atoms with Crippen LogP contribution in [0.4, 0.5) is 0 Å². The molecule has 0 aliphatic heterocycles. The number of hydrogen-bond donors (Lipinski definition) is 0. The SMILES string of the molecule is c1ccc(O[PH](Oc2ccccc2)(Oc2ccccc2)P(c2ccccc2)(c2ccccc2)(c2ccccc2)c2ccccc2)cc1. The summed E-state index contributed by atoms with van der Waals surface area (Å²) in [4.78, 5) is 0. The van der Waals surface area contributed by atoms with Crippen LogP contribution in [0.25, 0.3) is 0 Å². The Labute approximate surface area is 277 Å². The minimum absolute atomic E-state index is 0.666. The predicted molar refractivity (Wildman–Crippen MR) is 201 cm³/mol. The van der Waals surface area contributed by atoms with E-state index in [2.05, 4.69) is 121 Å². The summed E-state index contributed by atoms with van der Waals surface area (Å²) in [5, 5.41) is 4.32. The third-order valence-corrected chi connectivity index (χ3v) is 23.7. The normalized spacial score (nSPS) is 12.6. The zero-order chi connectivity index (χ0) is 31.9. The molecule has 0 N–H and O–H groups in total. The summed E-state index contributed by atoms with van der Waals surface area (Å²) in [5.74, 6) is 2.00. The standard InChI is InChI=1S/C42H36O3P2/c1-8-22-36(23-9-1)43-46(44-37-24-10-2-11-25-37,45-38-26-12-3-13-27-38)47(39-28-14-4-15-29-39,40-30-16-5-17-31-40,41-32-18-6-19-33-41)42-34-20-7-21-35-42/h1-35,46H. The molecule has 5 heteroatoms. The summed E-state index contributed by atoms with van der Waals surface area (Å²) in [6, 6.07) is 72.8. The van der Waals surface area contributed by atoms with Crippen molar-refractivity contribution in [2.75, 3.05) is 0 Å². The Morgan fingerprint density at radius 2 is 0.447 bits per heavy atom. The Bertz CT molecular complexity index is 1720. The summed E-state index contributed by atoms with van der Waals surface area (Å²) in [7, 11) is -4.28. The average molecular weight is 651 g/mol. The van der Waals surface area contributed by atoms with Crippen molar-refractivity contribution in [2.45, 2.75) is 0 Å². The predicted octanol–water partition coefficient (Wildman–Crippen LogP) is 9.49. The molecular formula is C42H36O3P2. The monoisotopic (exact) mass is 650 g/mol. The van der Waals surface area contributed by atoms with E-state index in [9.17, 15) is 0 Å². The molecule has 47 heavy (non-hydrogen) atoms. The van der Waals surface area contributed by atoms with Crippen molar-refractivity contribution in [3.63, 3.8) is 0 Å². The van der Waals surface area contributed by atoms with Gasteiger partial charge in [-0.1, -0.05) is 0 Å². The minimum atomic E-state index is -4.28. The van der Waals surface area contributed by atoms with E-state index in [1.54, 1.807) is 0 Å². The first-order chi connectivity index (χ1) is 23.3. The van der Waals surface area contributed by atoms with E-state index < -0.39 is 13.9 Å². The fraction of sp³-hybridized carbons (Fsp3) is 0. The van der Waals surface area contributed by atoms with Crippen LogP contribution < -0.4 is 34.8 Å². The van der Waals surface area contributed by atoms with Crippen LogP contribution in [0.3, 0.4) is 0 Å². The van der Waals surface area contributed by atoms with Gasteiger partial charge in [-0.2, -0.15) is 0 Å². The van der Waals surface area contributed by atoms with Gasteiger partial charge < -0.3 is 0 Å². The summed E-state index contributed by atoms with van der Waals surface area (Å²) in [5.41, 5.74) is 0. The average Bonchev–Trinajstić information content (AvgIpc) is 3.15. The molecule has 7 aromatic rings. The van der Waals surface area contributed by atoms with Crippen molar-refractivity contribution in [1.82, 2.24) is 0 Å². The molecule has 0 fully saturated rings. The van der Waals surface area contributed by atoms with Gasteiger partial charge in [0.15, 0.2) is 0 Å². The second-order valence-electron chi connectivity index (χ2n) is 11.2. The van der Waals surface area contributed by atoms with E-state index in [0.29, 0.717) is 17.2 Å². The van der Waals surface area contributed by atoms with Gasteiger partial charge in [-0.15, -0.1) is 0 Å². The third-order valence-electron chi connectivity index (χ3n) is 8.61. The summed E-state index contributed by atoms with van der Waals surface area (Å²) >= 11 is 0. The van der Waals surface area contributed by atoms with E-state index in [0.717, 1.165) is 21.2 Å². The molecule has 0 unspecified atom stereocenters. The molecule has 0 heterocycles. The fourth-order valence-corrected chi connectivity index (χ4v) is 23.0. The Kier molecular flexibility index (Phi) is 8.60. The van der Waals surface area contributed by atoms with Gasteiger partial charge in [-0.3, -0.25) is 0 Å². The topological polar surface area (TPSA) is 27.7 Å². The van der Waals surface area contributed by atoms with Crippen molar-refractivity contribution < 1.29 is 13.6 Å². The van der Waals surface area contributed by atoms with Crippen LogP contribution in [-0.4, -0.2) is 0 Å². The quantitative estimate of drug-likeness (QED) is 0.131. The van der Waals surface area contributed by atoms with Gasteiger partial charge in [0.25, 0.3) is 0 Å². The molecule has 0 atom stereocenters. The van der Waals surface area contributed by atoms with Crippen molar-refractivity contribution in [1.29, 1.82) is 0 Å². The molecule has 0 aromatic heterocycles. The van der Waals surface area contributed by atoms with Crippen LogP contribution in [0.15, 0.2) is 212 Å². The number of benzene rings is 7. The van der Waals surface area contributed by atoms with Crippen LogP contribution in [0.5, 0.6) is 17.2 Å². The maximum absolute atomic E-state index is 7.65. The Morgan fingerprint density at radius 1 is 0.255 bits per heavy atom. The third kappa shape index (κ3) is 5.09. The first-order valence-electron chi connectivity index (χ1n) is 15.7. The second kappa shape index (κ2) is 13.3. The van der Waals surface area contributed by atoms with Gasteiger partial charge in [-0.25, -0.2) is 0 Å². The molecule has 0 spiro atoms. The van der Waals surface area contributed by atoms with Crippen molar-refractivity contribution in [2.24, 2.45) is 0 Å². The van der Waals surface area contributed by atoms with Gasteiger partial charge in [0.1, 0.15) is 0 Å². The first kappa shape index (κ1) is 30.5. The first-order valence-corrected chi connectivity index (χ1v) is 20.5. The summed E-state index contributed by atoms with van der Waals surface area (Å²) in [6.07, 6.45) is -4.27. The van der Waals surface area contributed by atoms with Crippen LogP contribution in [0.2, 0.25) is 0 Å². The molecule has 232 valence electrons. The maximum atomic E-state index is 7.65. The Morgan fingerprint density at radius 3 is 0.660 bits per heavy atom. The Balaban J connectivity index is 1.78.